The van der Waals surface area contributed by atoms with Gasteiger partial charge in [-0.15, -0.1) is 0 Å². The molecule has 1 heterocycles. The zero-order valence-corrected chi connectivity index (χ0v) is 10.2. The lowest BCUT2D eigenvalue weighted by Gasteiger charge is -2.19. The zero-order valence-electron chi connectivity index (χ0n) is 10.2. The molecule has 4 nitrogen and oxygen atoms in total. The number of H-pyrrole nitrogens is 1. The number of rotatable bonds is 3. The monoisotopic (exact) mass is 250 g/mol. The molecule has 0 aliphatic rings. The molecule has 0 radical (unpaired) electrons. The molecular weight excluding hydrogens is 235 g/mol. The van der Waals surface area contributed by atoms with Gasteiger partial charge in [-0.2, -0.15) is 0 Å². The van der Waals surface area contributed by atoms with Crippen molar-refractivity contribution in [2.45, 2.75) is 25.8 Å². The highest BCUT2D eigenvalue weighted by Gasteiger charge is 2.30. The average Bonchev–Trinajstić information content (AvgIpc) is 2.55. The maximum atomic E-state index is 13.3. The second kappa shape index (κ2) is 4.10. The van der Waals surface area contributed by atoms with Crippen molar-refractivity contribution in [3.05, 3.63) is 35.3 Å². The Morgan fingerprint density at radius 2 is 2.22 bits per heavy atom. The number of aliphatic carboxylic acids is 1. The van der Waals surface area contributed by atoms with Crippen LogP contribution in [0.25, 0.3) is 10.9 Å². The van der Waals surface area contributed by atoms with Crippen molar-refractivity contribution >= 4 is 16.9 Å². The highest BCUT2D eigenvalue weighted by molar-refractivity contribution is 5.86. The van der Waals surface area contributed by atoms with Gasteiger partial charge in [0.05, 0.1) is 0 Å². The maximum absolute atomic E-state index is 13.3. The Morgan fingerprint density at radius 1 is 1.56 bits per heavy atom. The van der Waals surface area contributed by atoms with E-state index < -0.39 is 11.5 Å². The number of hydrogen-bond donors (Lipinski definition) is 3. The van der Waals surface area contributed by atoms with Gasteiger partial charge in [0.15, 0.2) is 0 Å². The van der Waals surface area contributed by atoms with Crippen molar-refractivity contribution < 1.29 is 14.3 Å². The van der Waals surface area contributed by atoms with Crippen LogP contribution in [-0.2, 0) is 11.2 Å². The van der Waals surface area contributed by atoms with Crippen LogP contribution >= 0.6 is 0 Å². The van der Waals surface area contributed by atoms with Crippen molar-refractivity contribution in [1.29, 1.82) is 0 Å². The Hall–Kier alpha value is -1.88. The number of hydrogen-bond acceptors (Lipinski definition) is 2. The fraction of sp³-hybridized carbons (Fsp3) is 0.308. The maximum Gasteiger partial charge on any atom is 0.323 e. The fourth-order valence-electron chi connectivity index (χ4n) is 2.03. The minimum atomic E-state index is -1.37. The molecule has 4 N–H and O–H groups in total. The van der Waals surface area contributed by atoms with Gasteiger partial charge >= 0.3 is 5.97 Å². The summed E-state index contributed by atoms with van der Waals surface area (Å²) in [5.74, 6) is -1.43. The van der Waals surface area contributed by atoms with E-state index in [1.165, 1.54) is 19.1 Å². The van der Waals surface area contributed by atoms with Crippen LogP contribution < -0.4 is 5.73 Å². The summed E-state index contributed by atoms with van der Waals surface area (Å²) < 4.78 is 13.3. The summed E-state index contributed by atoms with van der Waals surface area (Å²) in [7, 11) is 0. The van der Waals surface area contributed by atoms with Crippen LogP contribution in [0.4, 0.5) is 4.39 Å². The number of carbonyl (C=O) groups is 1. The van der Waals surface area contributed by atoms with Crippen LogP contribution in [0.15, 0.2) is 18.2 Å². The normalized spacial score (nSPS) is 14.7. The molecule has 1 aromatic carbocycles. The molecule has 1 unspecified atom stereocenters. The summed E-state index contributed by atoms with van der Waals surface area (Å²) in [5, 5.41) is 9.73. The second-order valence-corrected chi connectivity index (χ2v) is 4.82. The van der Waals surface area contributed by atoms with Gasteiger partial charge in [-0.1, -0.05) is 0 Å². The lowest BCUT2D eigenvalue weighted by molar-refractivity contribution is -0.142. The van der Waals surface area contributed by atoms with Crippen LogP contribution in [0, 0.1) is 12.7 Å². The molecule has 0 spiro atoms. The van der Waals surface area contributed by atoms with Gasteiger partial charge in [-0.05, 0) is 37.6 Å². The first-order chi connectivity index (χ1) is 8.31. The summed E-state index contributed by atoms with van der Waals surface area (Å²) in [6.45, 7) is 3.28. The molecule has 0 aliphatic carbocycles. The Labute approximate surface area is 104 Å². The number of carboxylic acid groups (broad SMARTS) is 1. The number of nitrogens with two attached hydrogens (primary N) is 1. The van der Waals surface area contributed by atoms with E-state index in [-0.39, 0.29) is 12.2 Å². The summed E-state index contributed by atoms with van der Waals surface area (Å²) >= 11 is 0. The first kappa shape index (κ1) is 12.6. The molecule has 18 heavy (non-hydrogen) atoms. The summed E-state index contributed by atoms with van der Waals surface area (Å²) in [6, 6.07) is 4.39. The number of aryl methyl sites for hydroxylation is 1. The Morgan fingerprint density at radius 3 is 2.83 bits per heavy atom. The minimum Gasteiger partial charge on any atom is -0.480 e. The van der Waals surface area contributed by atoms with Gasteiger partial charge in [-0.25, -0.2) is 4.39 Å². The van der Waals surface area contributed by atoms with Gasteiger partial charge in [0.25, 0.3) is 0 Å². The number of nitrogens with one attached hydrogen (secondary N) is 1. The molecule has 1 aromatic heterocycles. The second-order valence-electron chi connectivity index (χ2n) is 4.82. The van der Waals surface area contributed by atoms with E-state index in [1.54, 1.807) is 6.07 Å². The molecule has 1 atom stereocenters. The number of aromatic nitrogens is 1. The highest BCUT2D eigenvalue weighted by Crippen LogP contribution is 2.26. The van der Waals surface area contributed by atoms with Gasteiger partial charge in [0, 0.05) is 23.0 Å². The molecule has 2 aromatic rings. The lowest BCUT2D eigenvalue weighted by Crippen LogP contribution is -2.46. The van der Waals surface area contributed by atoms with Crippen LogP contribution in [0.2, 0.25) is 0 Å². The fourth-order valence-corrected chi connectivity index (χ4v) is 2.03. The number of halogens is 1. The molecule has 0 amide bonds. The van der Waals surface area contributed by atoms with Crippen LogP contribution in [0.5, 0.6) is 0 Å². The first-order valence-corrected chi connectivity index (χ1v) is 5.60. The van der Waals surface area contributed by atoms with Crippen molar-refractivity contribution in [1.82, 2.24) is 4.98 Å². The van der Waals surface area contributed by atoms with Gasteiger partial charge in [0.2, 0.25) is 0 Å². The molecule has 5 heteroatoms. The third-order valence-electron chi connectivity index (χ3n) is 3.11. The number of carboxylic acids is 1. The number of fused-ring (bicyclic) bond motifs is 1. The van der Waals surface area contributed by atoms with Gasteiger partial charge < -0.3 is 15.8 Å². The predicted molar refractivity (Wildman–Crippen MR) is 66.9 cm³/mol. The minimum absolute atomic E-state index is 0.150. The van der Waals surface area contributed by atoms with E-state index in [2.05, 4.69) is 4.98 Å². The largest absolute Gasteiger partial charge is 0.480 e. The summed E-state index contributed by atoms with van der Waals surface area (Å²) in [4.78, 5) is 14.2. The topological polar surface area (TPSA) is 79.1 Å². The van der Waals surface area contributed by atoms with Gasteiger partial charge in [-0.3, -0.25) is 4.79 Å². The van der Waals surface area contributed by atoms with Crippen LogP contribution in [0.3, 0.4) is 0 Å². The molecular formula is C13H15FN2O2. The number of aromatic amines is 1. The molecule has 0 saturated heterocycles. The Balaban J connectivity index is 2.53. The summed E-state index contributed by atoms with van der Waals surface area (Å²) in [6.07, 6.45) is 0.150. The smallest absolute Gasteiger partial charge is 0.323 e. The van der Waals surface area contributed by atoms with Crippen LogP contribution in [-0.4, -0.2) is 21.6 Å². The van der Waals surface area contributed by atoms with E-state index in [1.807, 2.05) is 6.92 Å². The Kier molecular flexibility index (Phi) is 2.86. The van der Waals surface area contributed by atoms with E-state index in [9.17, 15) is 9.18 Å². The summed E-state index contributed by atoms with van der Waals surface area (Å²) in [5.41, 5.74) is 6.72. The molecule has 2 rings (SSSR count). The molecule has 0 fully saturated rings. The van der Waals surface area contributed by atoms with E-state index >= 15 is 0 Å². The van der Waals surface area contributed by atoms with Crippen molar-refractivity contribution in [3.63, 3.8) is 0 Å². The third-order valence-corrected chi connectivity index (χ3v) is 3.11. The molecule has 0 bridgehead atoms. The van der Waals surface area contributed by atoms with Crippen molar-refractivity contribution in [2.75, 3.05) is 0 Å². The third kappa shape index (κ3) is 2.09. The molecule has 0 saturated carbocycles. The average molecular weight is 250 g/mol. The van der Waals surface area contributed by atoms with E-state index in [4.69, 9.17) is 10.8 Å². The first-order valence-electron chi connectivity index (χ1n) is 5.60. The van der Waals surface area contributed by atoms with E-state index in [0.717, 1.165) is 16.8 Å². The Bertz CT molecular complexity index is 617. The SMILES string of the molecule is Cc1[nH]c2ccc(F)cc2c1CC(C)(N)C(=O)O. The predicted octanol–water partition coefficient (Wildman–Crippen LogP) is 1.96. The standard InChI is InChI=1S/C13H15FN2O2/c1-7-10(6-13(2,15)12(17)18)9-5-8(14)3-4-11(9)16-7/h3-5,16H,6,15H2,1-2H3,(H,17,18). The number of benzene rings is 1. The van der Waals surface area contributed by atoms with E-state index in [0.29, 0.717) is 5.39 Å². The zero-order chi connectivity index (χ0) is 13.5. The highest BCUT2D eigenvalue weighted by atomic mass is 19.1. The lowest BCUT2D eigenvalue weighted by atomic mass is 9.92. The van der Waals surface area contributed by atoms with Crippen LogP contribution in [0.1, 0.15) is 18.2 Å². The quantitative estimate of drug-likeness (QED) is 0.779. The van der Waals surface area contributed by atoms with Crippen molar-refractivity contribution in [2.24, 2.45) is 5.73 Å². The molecule has 0 aliphatic heterocycles. The molecule has 96 valence electrons. The van der Waals surface area contributed by atoms with Crippen molar-refractivity contribution in [3.8, 4) is 0 Å². The van der Waals surface area contributed by atoms with Gasteiger partial charge in [0.1, 0.15) is 11.4 Å².